The van der Waals surface area contributed by atoms with Gasteiger partial charge in [0.25, 0.3) is 5.91 Å². The molecule has 0 radical (unpaired) electrons. The third-order valence-electron chi connectivity index (χ3n) is 5.63. The summed E-state index contributed by atoms with van der Waals surface area (Å²) in [6, 6.07) is 21.8. The number of carbonyl (C=O) groups excluding carboxylic acids is 2. The van der Waals surface area contributed by atoms with Crippen LogP contribution in [0.2, 0.25) is 0 Å². The van der Waals surface area contributed by atoms with E-state index in [0.29, 0.717) is 18.7 Å². The fraction of sp³-hybridized carbons (Fsp3) is 0.280. The number of nitrogens with one attached hydrogen (secondary N) is 1. The van der Waals surface area contributed by atoms with Gasteiger partial charge < -0.3 is 10.2 Å². The van der Waals surface area contributed by atoms with Crippen molar-refractivity contribution < 1.29 is 9.59 Å². The highest BCUT2D eigenvalue weighted by Gasteiger charge is 2.21. The summed E-state index contributed by atoms with van der Waals surface area (Å²) in [5.41, 5.74) is 2.73. The van der Waals surface area contributed by atoms with Crippen LogP contribution in [-0.4, -0.2) is 60.9 Å². The number of nitrogens with zero attached hydrogens (tertiary/aromatic N) is 2. The molecule has 2 heterocycles. The molecular weight excluding hydrogens is 406 g/mol. The Bertz CT molecular complexity index is 979. The summed E-state index contributed by atoms with van der Waals surface area (Å²) >= 11 is 1.79. The van der Waals surface area contributed by atoms with Crippen molar-refractivity contribution in [3.8, 4) is 11.1 Å². The highest BCUT2D eigenvalue weighted by atomic mass is 32.1. The zero-order valence-corrected chi connectivity index (χ0v) is 18.3. The average molecular weight is 434 g/mol. The Morgan fingerprint density at radius 2 is 1.55 bits per heavy atom. The molecule has 1 aliphatic rings. The Morgan fingerprint density at radius 1 is 0.839 bits per heavy atom. The molecular formula is C25H27N3O2S. The van der Waals surface area contributed by atoms with Crippen molar-refractivity contribution in [3.63, 3.8) is 0 Å². The van der Waals surface area contributed by atoms with Gasteiger partial charge in [-0.3, -0.25) is 14.5 Å². The maximum Gasteiger partial charge on any atom is 0.251 e. The van der Waals surface area contributed by atoms with Crippen molar-refractivity contribution in [1.29, 1.82) is 0 Å². The predicted molar refractivity (Wildman–Crippen MR) is 125 cm³/mol. The van der Waals surface area contributed by atoms with E-state index in [1.165, 1.54) is 4.88 Å². The molecule has 0 saturated carbocycles. The quantitative estimate of drug-likeness (QED) is 0.620. The molecule has 0 atom stereocenters. The van der Waals surface area contributed by atoms with Crippen molar-refractivity contribution in [2.24, 2.45) is 0 Å². The van der Waals surface area contributed by atoms with Gasteiger partial charge in [-0.1, -0.05) is 48.5 Å². The van der Waals surface area contributed by atoms with Gasteiger partial charge in [0.2, 0.25) is 5.91 Å². The molecule has 1 saturated heterocycles. The SMILES string of the molecule is O=C(NCC(=O)N1CCN(CCc2cccs2)CC1)c1ccc(-c2ccccc2)cc1. The number of hydrogen-bond donors (Lipinski definition) is 1. The summed E-state index contributed by atoms with van der Waals surface area (Å²) < 4.78 is 0. The van der Waals surface area contributed by atoms with Crippen LogP contribution < -0.4 is 5.32 Å². The summed E-state index contributed by atoms with van der Waals surface area (Å²) in [6.45, 7) is 4.25. The van der Waals surface area contributed by atoms with Gasteiger partial charge >= 0.3 is 0 Å². The van der Waals surface area contributed by atoms with Crippen LogP contribution in [0, 0.1) is 0 Å². The first-order valence-electron chi connectivity index (χ1n) is 10.7. The second-order valence-electron chi connectivity index (χ2n) is 7.68. The van der Waals surface area contributed by atoms with Crippen molar-refractivity contribution in [2.75, 3.05) is 39.3 Å². The molecule has 2 aromatic carbocycles. The third kappa shape index (κ3) is 5.81. The van der Waals surface area contributed by atoms with Gasteiger partial charge in [-0.25, -0.2) is 0 Å². The molecule has 31 heavy (non-hydrogen) atoms. The molecule has 160 valence electrons. The van der Waals surface area contributed by atoms with Crippen LogP contribution in [0.15, 0.2) is 72.1 Å². The minimum atomic E-state index is -0.220. The van der Waals surface area contributed by atoms with E-state index in [-0.39, 0.29) is 18.4 Å². The fourth-order valence-electron chi connectivity index (χ4n) is 3.76. The average Bonchev–Trinajstić information content (AvgIpc) is 3.36. The van der Waals surface area contributed by atoms with Gasteiger partial charge in [0.1, 0.15) is 0 Å². The second-order valence-corrected chi connectivity index (χ2v) is 8.71. The van der Waals surface area contributed by atoms with Crippen LogP contribution in [0.25, 0.3) is 11.1 Å². The normalized spacial score (nSPS) is 14.4. The number of hydrogen-bond acceptors (Lipinski definition) is 4. The molecule has 1 fully saturated rings. The van der Waals surface area contributed by atoms with Gasteiger partial charge in [-0.2, -0.15) is 0 Å². The number of benzene rings is 2. The molecule has 0 aliphatic carbocycles. The van der Waals surface area contributed by atoms with E-state index in [2.05, 4.69) is 27.7 Å². The largest absolute Gasteiger partial charge is 0.343 e. The molecule has 4 rings (SSSR count). The van der Waals surface area contributed by atoms with Crippen LogP contribution in [-0.2, 0) is 11.2 Å². The van der Waals surface area contributed by atoms with E-state index in [9.17, 15) is 9.59 Å². The zero-order valence-electron chi connectivity index (χ0n) is 17.5. The summed E-state index contributed by atoms with van der Waals surface area (Å²) in [7, 11) is 0. The molecule has 5 nitrogen and oxygen atoms in total. The molecule has 3 aromatic rings. The van der Waals surface area contributed by atoms with Gasteiger partial charge in [0.05, 0.1) is 6.54 Å². The van der Waals surface area contributed by atoms with Gasteiger partial charge in [0, 0.05) is 43.2 Å². The van der Waals surface area contributed by atoms with Crippen LogP contribution in [0.4, 0.5) is 0 Å². The molecule has 0 spiro atoms. The number of amides is 2. The van der Waals surface area contributed by atoms with Crippen molar-refractivity contribution in [1.82, 2.24) is 15.1 Å². The minimum absolute atomic E-state index is 0.0211. The van der Waals surface area contributed by atoms with Crippen LogP contribution in [0.5, 0.6) is 0 Å². The van der Waals surface area contributed by atoms with E-state index in [0.717, 1.165) is 37.2 Å². The van der Waals surface area contributed by atoms with Crippen molar-refractivity contribution in [3.05, 3.63) is 82.6 Å². The highest BCUT2D eigenvalue weighted by Crippen LogP contribution is 2.19. The predicted octanol–water partition coefficient (Wildman–Crippen LogP) is 3.53. The Balaban J connectivity index is 1.20. The molecule has 6 heteroatoms. The number of carbonyl (C=O) groups is 2. The van der Waals surface area contributed by atoms with E-state index in [1.807, 2.05) is 47.4 Å². The summed E-state index contributed by atoms with van der Waals surface area (Å²) in [5, 5.41) is 4.88. The fourth-order valence-corrected chi connectivity index (χ4v) is 4.46. The van der Waals surface area contributed by atoms with E-state index in [4.69, 9.17) is 0 Å². The van der Waals surface area contributed by atoms with Crippen molar-refractivity contribution in [2.45, 2.75) is 6.42 Å². The van der Waals surface area contributed by atoms with E-state index in [1.54, 1.807) is 23.5 Å². The zero-order chi connectivity index (χ0) is 21.5. The lowest BCUT2D eigenvalue weighted by Crippen LogP contribution is -2.51. The van der Waals surface area contributed by atoms with Gasteiger partial charge in [-0.05, 0) is 41.1 Å². The first kappa shape index (κ1) is 21.3. The van der Waals surface area contributed by atoms with Crippen LogP contribution in [0.1, 0.15) is 15.2 Å². The lowest BCUT2D eigenvalue weighted by Gasteiger charge is -2.34. The molecule has 1 aliphatic heterocycles. The summed E-state index contributed by atoms with van der Waals surface area (Å²) in [5.74, 6) is -0.241. The third-order valence-corrected chi connectivity index (χ3v) is 6.57. The number of rotatable bonds is 7. The maximum atomic E-state index is 12.5. The molecule has 0 bridgehead atoms. The maximum absolute atomic E-state index is 12.5. The molecule has 0 unspecified atom stereocenters. The second kappa shape index (κ2) is 10.4. The summed E-state index contributed by atoms with van der Waals surface area (Å²) in [4.78, 5) is 30.6. The minimum Gasteiger partial charge on any atom is -0.343 e. The smallest absolute Gasteiger partial charge is 0.251 e. The Kier molecular flexibility index (Phi) is 7.12. The molecule has 1 aromatic heterocycles. The van der Waals surface area contributed by atoms with Gasteiger partial charge in [0.15, 0.2) is 0 Å². The highest BCUT2D eigenvalue weighted by molar-refractivity contribution is 7.09. The molecule has 2 amide bonds. The van der Waals surface area contributed by atoms with E-state index >= 15 is 0 Å². The van der Waals surface area contributed by atoms with Crippen LogP contribution >= 0.6 is 11.3 Å². The lowest BCUT2D eigenvalue weighted by molar-refractivity contribution is -0.131. The van der Waals surface area contributed by atoms with E-state index < -0.39 is 0 Å². The lowest BCUT2D eigenvalue weighted by atomic mass is 10.0. The van der Waals surface area contributed by atoms with Crippen LogP contribution in [0.3, 0.4) is 0 Å². The first-order chi connectivity index (χ1) is 15.2. The Morgan fingerprint density at radius 3 is 2.23 bits per heavy atom. The van der Waals surface area contributed by atoms with Crippen molar-refractivity contribution >= 4 is 23.2 Å². The first-order valence-corrected chi connectivity index (χ1v) is 11.5. The topological polar surface area (TPSA) is 52.7 Å². The summed E-state index contributed by atoms with van der Waals surface area (Å²) in [6.07, 6.45) is 1.06. The Labute approximate surface area is 187 Å². The van der Waals surface area contributed by atoms with Gasteiger partial charge in [-0.15, -0.1) is 11.3 Å². The number of thiophene rings is 1. The molecule has 1 N–H and O–H groups in total. The monoisotopic (exact) mass is 433 g/mol. The Hall–Kier alpha value is -2.96. The number of piperazine rings is 1. The standard InChI is InChI=1S/C25H27N3O2S/c29-24(28-16-14-27(15-17-28)13-12-23-7-4-18-31-23)19-26-25(30)22-10-8-21(9-11-22)20-5-2-1-3-6-20/h1-11,18H,12-17,19H2,(H,26,30).